The van der Waals surface area contributed by atoms with Gasteiger partial charge in [0.25, 0.3) is 5.91 Å². The first-order chi connectivity index (χ1) is 15.7. The Balaban J connectivity index is 1.41. The molecule has 2 aromatic carbocycles. The smallest absolute Gasteiger partial charge is 0.254 e. The highest BCUT2D eigenvalue weighted by atomic mass is 32.1. The Morgan fingerprint density at radius 1 is 1.09 bits per heavy atom. The van der Waals surface area contributed by atoms with E-state index >= 15 is 0 Å². The SMILES string of the molecule is COc1cccc(C(=O)N(CC(=O)N2CCc3sccc3C2c2ccccc2)C2CC2)c1. The van der Waals surface area contributed by atoms with E-state index in [0.717, 1.165) is 24.8 Å². The van der Waals surface area contributed by atoms with E-state index < -0.39 is 0 Å². The van der Waals surface area contributed by atoms with Gasteiger partial charge in [-0.3, -0.25) is 9.59 Å². The highest BCUT2D eigenvalue weighted by Gasteiger charge is 2.38. The van der Waals surface area contributed by atoms with Crippen LogP contribution in [0.3, 0.4) is 0 Å². The molecule has 3 aromatic rings. The van der Waals surface area contributed by atoms with Crippen molar-refractivity contribution >= 4 is 23.2 Å². The molecule has 2 aliphatic rings. The number of nitrogens with zero attached hydrogens (tertiary/aromatic N) is 2. The van der Waals surface area contributed by atoms with Gasteiger partial charge in [0.05, 0.1) is 13.2 Å². The highest BCUT2D eigenvalue weighted by molar-refractivity contribution is 7.10. The third kappa shape index (κ3) is 4.02. The third-order valence-corrected chi connectivity index (χ3v) is 7.27. The normalized spacial score (nSPS) is 17.5. The van der Waals surface area contributed by atoms with Crippen molar-refractivity contribution in [1.29, 1.82) is 0 Å². The molecule has 0 spiro atoms. The van der Waals surface area contributed by atoms with Gasteiger partial charge in [-0.05, 0) is 60.0 Å². The average molecular weight is 447 g/mol. The topological polar surface area (TPSA) is 49.9 Å². The van der Waals surface area contributed by atoms with Gasteiger partial charge in [-0.1, -0.05) is 36.4 Å². The number of ether oxygens (including phenoxy) is 1. The van der Waals surface area contributed by atoms with Crippen LogP contribution in [0.2, 0.25) is 0 Å². The zero-order valence-electron chi connectivity index (χ0n) is 18.1. The molecule has 1 aliphatic carbocycles. The zero-order chi connectivity index (χ0) is 22.1. The molecule has 164 valence electrons. The fourth-order valence-electron chi connectivity index (χ4n) is 4.49. The molecule has 0 bridgehead atoms. The molecule has 1 unspecified atom stereocenters. The molecular weight excluding hydrogens is 420 g/mol. The molecule has 1 aromatic heterocycles. The predicted molar refractivity (Wildman–Crippen MR) is 125 cm³/mol. The maximum atomic E-state index is 13.6. The molecule has 1 fully saturated rings. The van der Waals surface area contributed by atoms with Crippen molar-refractivity contribution in [2.75, 3.05) is 20.2 Å². The first kappa shape index (κ1) is 20.8. The summed E-state index contributed by atoms with van der Waals surface area (Å²) in [4.78, 5) is 32.0. The first-order valence-corrected chi connectivity index (χ1v) is 11.9. The summed E-state index contributed by atoms with van der Waals surface area (Å²) in [6, 6.07) is 19.5. The van der Waals surface area contributed by atoms with E-state index in [2.05, 4.69) is 23.6 Å². The second kappa shape index (κ2) is 8.79. The number of thiophene rings is 1. The second-order valence-corrected chi connectivity index (χ2v) is 9.35. The third-order valence-electron chi connectivity index (χ3n) is 6.27. The molecule has 1 aliphatic heterocycles. The van der Waals surface area contributed by atoms with E-state index in [4.69, 9.17) is 4.74 Å². The average Bonchev–Trinajstić information content (AvgIpc) is 3.57. The number of carbonyl (C=O) groups excluding carboxylic acids is 2. The Hall–Kier alpha value is -3.12. The van der Waals surface area contributed by atoms with Crippen molar-refractivity contribution in [3.63, 3.8) is 0 Å². The molecule has 6 heteroatoms. The number of hydrogen-bond donors (Lipinski definition) is 0. The van der Waals surface area contributed by atoms with E-state index in [1.54, 1.807) is 35.5 Å². The minimum Gasteiger partial charge on any atom is -0.497 e. The Morgan fingerprint density at radius 3 is 2.66 bits per heavy atom. The standard InChI is InChI=1S/C26H26N2O3S/c1-31-21-9-5-8-19(16-21)26(30)28(20-10-11-20)17-24(29)27-14-12-23-22(13-15-32-23)25(27)18-6-3-2-4-7-18/h2-9,13,15-16,20,25H,10-12,14,17H2,1H3. The summed E-state index contributed by atoms with van der Waals surface area (Å²) < 4.78 is 5.28. The van der Waals surface area contributed by atoms with Crippen LogP contribution >= 0.6 is 11.3 Å². The van der Waals surface area contributed by atoms with Crippen molar-refractivity contribution in [3.05, 3.63) is 87.6 Å². The largest absolute Gasteiger partial charge is 0.497 e. The minimum atomic E-state index is -0.107. The summed E-state index contributed by atoms with van der Waals surface area (Å²) in [6.07, 6.45) is 2.74. The van der Waals surface area contributed by atoms with Crippen LogP contribution in [0, 0.1) is 0 Å². The van der Waals surface area contributed by atoms with Crippen molar-refractivity contribution in [3.8, 4) is 5.75 Å². The lowest BCUT2D eigenvalue weighted by molar-refractivity contribution is -0.134. The monoisotopic (exact) mass is 446 g/mol. The van der Waals surface area contributed by atoms with E-state index in [0.29, 0.717) is 17.9 Å². The summed E-state index contributed by atoms with van der Waals surface area (Å²) in [6.45, 7) is 0.765. The van der Waals surface area contributed by atoms with Crippen molar-refractivity contribution in [2.24, 2.45) is 0 Å². The Morgan fingerprint density at radius 2 is 1.91 bits per heavy atom. The predicted octanol–water partition coefficient (Wildman–Crippen LogP) is 4.54. The molecule has 2 heterocycles. The van der Waals surface area contributed by atoms with Gasteiger partial charge < -0.3 is 14.5 Å². The highest BCUT2D eigenvalue weighted by Crippen LogP contribution is 2.38. The fourth-order valence-corrected chi connectivity index (χ4v) is 5.40. The maximum absolute atomic E-state index is 13.6. The van der Waals surface area contributed by atoms with Crippen LogP contribution in [0.5, 0.6) is 5.75 Å². The molecule has 1 atom stereocenters. The van der Waals surface area contributed by atoms with Gasteiger partial charge in [-0.2, -0.15) is 0 Å². The van der Waals surface area contributed by atoms with Crippen LogP contribution in [0.25, 0.3) is 0 Å². The number of benzene rings is 2. The molecule has 5 nitrogen and oxygen atoms in total. The summed E-state index contributed by atoms with van der Waals surface area (Å²) in [5.74, 6) is 0.533. The summed E-state index contributed by atoms with van der Waals surface area (Å²) in [5.41, 5.74) is 2.87. The second-order valence-electron chi connectivity index (χ2n) is 8.35. The summed E-state index contributed by atoms with van der Waals surface area (Å²) in [7, 11) is 1.59. The number of carbonyl (C=O) groups is 2. The van der Waals surface area contributed by atoms with Gasteiger partial charge in [-0.25, -0.2) is 0 Å². The number of fused-ring (bicyclic) bond motifs is 1. The minimum absolute atomic E-state index is 0.00107. The van der Waals surface area contributed by atoms with E-state index in [-0.39, 0.29) is 30.4 Å². The Kier molecular flexibility index (Phi) is 5.70. The van der Waals surface area contributed by atoms with E-state index in [1.165, 1.54) is 10.4 Å². The van der Waals surface area contributed by atoms with Gasteiger partial charge in [-0.15, -0.1) is 11.3 Å². The summed E-state index contributed by atoms with van der Waals surface area (Å²) in [5, 5.41) is 2.11. The van der Waals surface area contributed by atoms with Crippen LogP contribution in [0.15, 0.2) is 66.0 Å². The summed E-state index contributed by atoms with van der Waals surface area (Å²) >= 11 is 1.76. The van der Waals surface area contributed by atoms with Crippen LogP contribution < -0.4 is 4.74 Å². The molecule has 0 saturated heterocycles. The Bertz CT molecular complexity index is 1120. The lowest BCUT2D eigenvalue weighted by Gasteiger charge is -2.37. The molecular formula is C26H26N2O3S. The Labute approximate surface area is 192 Å². The van der Waals surface area contributed by atoms with Crippen molar-refractivity contribution < 1.29 is 14.3 Å². The molecule has 1 saturated carbocycles. The number of amides is 2. The number of hydrogen-bond acceptors (Lipinski definition) is 4. The van der Waals surface area contributed by atoms with Gasteiger partial charge in [0, 0.05) is 23.0 Å². The maximum Gasteiger partial charge on any atom is 0.254 e. The van der Waals surface area contributed by atoms with Crippen molar-refractivity contribution in [2.45, 2.75) is 31.3 Å². The van der Waals surface area contributed by atoms with Crippen LogP contribution in [0.1, 0.15) is 45.2 Å². The lowest BCUT2D eigenvalue weighted by Crippen LogP contribution is -2.47. The van der Waals surface area contributed by atoms with Gasteiger partial charge in [0.15, 0.2) is 0 Å². The van der Waals surface area contributed by atoms with Crippen LogP contribution in [-0.4, -0.2) is 47.9 Å². The van der Waals surface area contributed by atoms with Crippen molar-refractivity contribution in [1.82, 2.24) is 9.80 Å². The van der Waals surface area contributed by atoms with E-state index in [1.807, 2.05) is 35.2 Å². The lowest BCUT2D eigenvalue weighted by atomic mass is 9.93. The molecule has 0 N–H and O–H groups in total. The fraction of sp³-hybridized carbons (Fsp3) is 0.308. The molecule has 32 heavy (non-hydrogen) atoms. The van der Waals surface area contributed by atoms with Gasteiger partial charge >= 0.3 is 0 Å². The van der Waals surface area contributed by atoms with E-state index in [9.17, 15) is 9.59 Å². The number of methoxy groups -OCH3 is 1. The molecule has 2 amide bonds. The van der Waals surface area contributed by atoms with Gasteiger partial charge in [0.1, 0.15) is 12.3 Å². The number of rotatable bonds is 6. The van der Waals surface area contributed by atoms with Crippen LogP contribution in [0.4, 0.5) is 0 Å². The molecule has 0 radical (unpaired) electrons. The quantitative estimate of drug-likeness (QED) is 0.559. The van der Waals surface area contributed by atoms with Crippen LogP contribution in [-0.2, 0) is 11.2 Å². The zero-order valence-corrected chi connectivity index (χ0v) is 18.9. The van der Waals surface area contributed by atoms with Gasteiger partial charge in [0.2, 0.25) is 5.91 Å². The molecule has 5 rings (SSSR count). The first-order valence-electron chi connectivity index (χ1n) is 11.0.